The van der Waals surface area contributed by atoms with Crippen molar-refractivity contribution in [2.24, 2.45) is 0 Å². The van der Waals surface area contributed by atoms with Gasteiger partial charge >= 0.3 is 0 Å². The van der Waals surface area contributed by atoms with Crippen molar-refractivity contribution in [1.82, 2.24) is 10.5 Å². The predicted molar refractivity (Wildman–Crippen MR) is 63.5 cm³/mol. The summed E-state index contributed by atoms with van der Waals surface area (Å²) in [5.74, 6) is 0.0687. The molecular formula is C13H13FN2O2. The van der Waals surface area contributed by atoms with Crippen LogP contribution >= 0.6 is 0 Å². The van der Waals surface area contributed by atoms with Crippen molar-refractivity contribution in [2.75, 3.05) is 0 Å². The van der Waals surface area contributed by atoms with Gasteiger partial charge in [-0.05, 0) is 38.1 Å². The van der Waals surface area contributed by atoms with Crippen molar-refractivity contribution in [1.29, 1.82) is 0 Å². The van der Waals surface area contributed by atoms with Crippen LogP contribution in [0.5, 0.6) is 0 Å². The van der Waals surface area contributed by atoms with Crippen molar-refractivity contribution in [3.63, 3.8) is 0 Å². The number of rotatable bonds is 3. The molecule has 0 fully saturated rings. The molecule has 5 heteroatoms. The van der Waals surface area contributed by atoms with E-state index in [0.29, 0.717) is 17.9 Å². The van der Waals surface area contributed by atoms with Crippen LogP contribution in [0.25, 0.3) is 0 Å². The van der Waals surface area contributed by atoms with Crippen molar-refractivity contribution in [3.8, 4) is 0 Å². The summed E-state index contributed by atoms with van der Waals surface area (Å²) < 4.78 is 17.7. The van der Waals surface area contributed by atoms with Crippen molar-refractivity contribution < 1.29 is 13.7 Å². The SMILES string of the molecule is Cc1noc(C)c1CNC(=O)c1ccc(F)cc1. The van der Waals surface area contributed by atoms with Crippen LogP contribution in [-0.2, 0) is 6.54 Å². The Labute approximate surface area is 104 Å². The third kappa shape index (κ3) is 2.56. The fourth-order valence-corrected chi connectivity index (χ4v) is 1.63. The van der Waals surface area contributed by atoms with E-state index in [0.717, 1.165) is 11.3 Å². The van der Waals surface area contributed by atoms with Gasteiger partial charge in [-0.25, -0.2) is 4.39 Å². The lowest BCUT2D eigenvalue weighted by Crippen LogP contribution is -2.23. The summed E-state index contributed by atoms with van der Waals surface area (Å²) in [6.07, 6.45) is 0. The van der Waals surface area contributed by atoms with Gasteiger partial charge in [0, 0.05) is 17.7 Å². The Bertz CT molecular complexity index is 541. The second-order valence-corrected chi connectivity index (χ2v) is 3.99. The maximum Gasteiger partial charge on any atom is 0.251 e. The molecule has 0 aliphatic heterocycles. The third-order valence-electron chi connectivity index (χ3n) is 2.71. The summed E-state index contributed by atoms with van der Waals surface area (Å²) in [6, 6.07) is 5.39. The molecule has 0 radical (unpaired) electrons. The zero-order valence-electron chi connectivity index (χ0n) is 10.2. The van der Waals surface area contributed by atoms with Crippen LogP contribution in [0.2, 0.25) is 0 Å². The molecule has 1 aromatic carbocycles. The Hall–Kier alpha value is -2.17. The summed E-state index contributed by atoms with van der Waals surface area (Å²) in [4.78, 5) is 11.8. The molecule has 0 atom stereocenters. The first-order valence-corrected chi connectivity index (χ1v) is 5.53. The summed E-state index contributed by atoms with van der Waals surface area (Å²) in [5, 5.41) is 6.54. The second-order valence-electron chi connectivity index (χ2n) is 3.99. The van der Waals surface area contributed by atoms with Crippen molar-refractivity contribution >= 4 is 5.91 Å². The van der Waals surface area contributed by atoms with E-state index in [1.54, 1.807) is 6.92 Å². The number of benzene rings is 1. The van der Waals surface area contributed by atoms with Gasteiger partial charge in [-0.3, -0.25) is 4.79 Å². The minimum Gasteiger partial charge on any atom is -0.361 e. The van der Waals surface area contributed by atoms with Crippen LogP contribution in [0.4, 0.5) is 4.39 Å². The highest BCUT2D eigenvalue weighted by Gasteiger charge is 2.11. The average molecular weight is 248 g/mol. The van der Waals surface area contributed by atoms with Crippen LogP contribution in [-0.4, -0.2) is 11.1 Å². The Morgan fingerprint density at radius 2 is 2.00 bits per heavy atom. The largest absolute Gasteiger partial charge is 0.361 e. The van der Waals surface area contributed by atoms with Gasteiger partial charge in [0.25, 0.3) is 5.91 Å². The van der Waals surface area contributed by atoms with Gasteiger partial charge in [0.2, 0.25) is 0 Å². The molecule has 1 heterocycles. The van der Waals surface area contributed by atoms with Crippen LogP contribution < -0.4 is 5.32 Å². The fourth-order valence-electron chi connectivity index (χ4n) is 1.63. The third-order valence-corrected chi connectivity index (χ3v) is 2.71. The molecule has 2 rings (SSSR count). The number of nitrogens with one attached hydrogen (secondary N) is 1. The lowest BCUT2D eigenvalue weighted by atomic mass is 10.2. The summed E-state index contributed by atoms with van der Waals surface area (Å²) in [5.41, 5.74) is 2.04. The number of carbonyl (C=O) groups excluding carboxylic acids is 1. The Morgan fingerprint density at radius 1 is 1.33 bits per heavy atom. The fraction of sp³-hybridized carbons (Fsp3) is 0.231. The first kappa shape index (κ1) is 12.3. The summed E-state index contributed by atoms with van der Waals surface area (Å²) >= 11 is 0. The molecule has 0 spiro atoms. The number of hydrogen-bond acceptors (Lipinski definition) is 3. The zero-order valence-corrected chi connectivity index (χ0v) is 10.2. The van der Waals surface area contributed by atoms with E-state index in [9.17, 15) is 9.18 Å². The molecule has 2 aromatic rings. The molecule has 1 N–H and O–H groups in total. The van der Waals surface area contributed by atoms with E-state index in [1.165, 1.54) is 24.3 Å². The van der Waals surface area contributed by atoms with E-state index in [1.807, 2.05) is 6.92 Å². The highest BCUT2D eigenvalue weighted by Crippen LogP contribution is 2.12. The monoisotopic (exact) mass is 248 g/mol. The smallest absolute Gasteiger partial charge is 0.251 e. The molecule has 0 aliphatic carbocycles. The molecule has 0 bridgehead atoms. The summed E-state index contributed by atoms with van der Waals surface area (Å²) in [6.45, 7) is 3.95. The van der Waals surface area contributed by atoms with Gasteiger partial charge in [-0.2, -0.15) is 0 Å². The maximum absolute atomic E-state index is 12.7. The average Bonchev–Trinajstić information content (AvgIpc) is 2.67. The Kier molecular flexibility index (Phi) is 3.41. The van der Waals surface area contributed by atoms with Gasteiger partial charge in [-0.15, -0.1) is 0 Å². The molecule has 0 unspecified atom stereocenters. The highest BCUT2D eigenvalue weighted by molar-refractivity contribution is 5.94. The van der Waals surface area contributed by atoms with E-state index in [2.05, 4.69) is 10.5 Å². The van der Waals surface area contributed by atoms with Crippen molar-refractivity contribution in [2.45, 2.75) is 20.4 Å². The number of hydrogen-bond donors (Lipinski definition) is 1. The van der Waals surface area contributed by atoms with E-state index in [-0.39, 0.29) is 11.7 Å². The topological polar surface area (TPSA) is 55.1 Å². The molecule has 94 valence electrons. The van der Waals surface area contributed by atoms with Gasteiger partial charge in [0.1, 0.15) is 11.6 Å². The van der Waals surface area contributed by atoms with Gasteiger partial charge in [-0.1, -0.05) is 5.16 Å². The zero-order chi connectivity index (χ0) is 13.1. The molecule has 0 saturated carbocycles. The van der Waals surface area contributed by atoms with Crippen LogP contribution in [0.1, 0.15) is 27.4 Å². The minimum absolute atomic E-state index is 0.255. The van der Waals surface area contributed by atoms with Crippen LogP contribution in [0.15, 0.2) is 28.8 Å². The molecule has 18 heavy (non-hydrogen) atoms. The Balaban J connectivity index is 2.03. The number of aryl methyl sites for hydroxylation is 2. The summed E-state index contributed by atoms with van der Waals surface area (Å²) in [7, 11) is 0. The lowest BCUT2D eigenvalue weighted by molar-refractivity contribution is 0.0951. The number of halogens is 1. The molecule has 0 saturated heterocycles. The van der Waals surface area contributed by atoms with Crippen LogP contribution in [0.3, 0.4) is 0 Å². The van der Waals surface area contributed by atoms with Gasteiger partial charge in [0.05, 0.1) is 5.69 Å². The molecule has 0 aliphatic rings. The van der Waals surface area contributed by atoms with Crippen molar-refractivity contribution in [3.05, 3.63) is 52.7 Å². The van der Waals surface area contributed by atoms with Crippen LogP contribution in [0, 0.1) is 19.7 Å². The molecular weight excluding hydrogens is 235 g/mol. The number of aromatic nitrogens is 1. The molecule has 4 nitrogen and oxygen atoms in total. The minimum atomic E-state index is -0.364. The van der Waals surface area contributed by atoms with Gasteiger partial charge < -0.3 is 9.84 Å². The number of amides is 1. The van der Waals surface area contributed by atoms with Gasteiger partial charge in [0.15, 0.2) is 0 Å². The van der Waals surface area contributed by atoms with E-state index < -0.39 is 0 Å². The normalized spacial score (nSPS) is 10.4. The maximum atomic E-state index is 12.7. The molecule has 1 aromatic heterocycles. The quantitative estimate of drug-likeness (QED) is 0.907. The lowest BCUT2D eigenvalue weighted by Gasteiger charge is -2.04. The standard InChI is InChI=1S/C13H13FN2O2/c1-8-12(9(2)18-16-8)7-15-13(17)10-3-5-11(14)6-4-10/h3-6H,7H2,1-2H3,(H,15,17). The second kappa shape index (κ2) is 5.00. The highest BCUT2D eigenvalue weighted by atomic mass is 19.1. The first-order chi connectivity index (χ1) is 8.58. The molecule has 1 amide bonds. The number of carbonyl (C=O) groups is 1. The predicted octanol–water partition coefficient (Wildman–Crippen LogP) is 2.36. The van der Waals surface area contributed by atoms with E-state index >= 15 is 0 Å². The first-order valence-electron chi connectivity index (χ1n) is 5.53. The van der Waals surface area contributed by atoms with E-state index in [4.69, 9.17) is 4.52 Å². The Morgan fingerprint density at radius 3 is 2.56 bits per heavy atom. The number of nitrogens with zero attached hydrogens (tertiary/aromatic N) is 1.